The fourth-order valence-corrected chi connectivity index (χ4v) is 2.72. The van der Waals surface area contributed by atoms with E-state index in [0.29, 0.717) is 12.1 Å². The second kappa shape index (κ2) is 7.77. The van der Waals surface area contributed by atoms with Crippen molar-refractivity contribution in [1.82, 2.24) is 10.6 Å². The Morgan fingerprint density at radius 1 is 0.920 bits per heavy atom. The first-order valence-corrected chi connectivity index (χ1v) is 8.13. The van der Waals surface area contributed by atoms with Crippen LogP contribution in [-0.4, -0.2) is 6.03 Å². The summed E-state index contributed by atoms with van der Waals surface area (Å²) < 4.78 is 13.9. The molecule has 5 heteroatoms. The molecule has 0 bridgehead atoms. The van der Waals surface area contributed by atoms with Crippen molar-refractivity contribution < 1.29 is 9.18 Å². The highest BCUT2D eigenvalue weighted by molar-refractivity contribution is 5.86. The van der Waals surface area contributed by atoms with E-state index in [1.54, 1.807) is 12.1 Å². The van der Waals surface area contributed by atoms with E-state index in [0.717, 1.165) is 21.9 Å². The molecule has 4 N–H and O–H groups in total. The lowest BCUT2D eigenvalue weighted by atomic mass is 10.0. The van der Waals surface area contributed by atoms with Gasteiger partial charge in [-0.3, -0.25) is 0 Å². The molecule has 0 unspecified atom stereocenters. The van der Waals surface area contributed by atoms with Gasteiger partial charge in [-0.1, -0.05) is 54.6 Å². The monoisotopic (exact) mass is 337 g/mol. The maximum Gasteiger partial charge on any atom is 0.315 e. The highest BCUT2D eigenvalue weighted by atomic mass is 19.1. The Labute approximate surface area is 145 Å². The van der Waals surface area contributed by atoms with E-state index < -0.39 is 0 Å². The first-order valence-electron chi connectivity index (χ1n) is 8.13. The Kier molecular flexibility index (Phi) is 5.26. The van der Waals surface area contributed by atoms with Gasteiger partial charge in [0, 0.05) is 25.2 Å². The zero-order valence-corrected chi connectivity index (χ0v) is 13.8. The molecular weight excluding hydrogens is 317 g/mol. The minimum absolute atomic E-state index is 0.123. The van der Waals surface area contributed by atoms with Crippen LogP contribution in [0.3, 0.4) is 0 Å². The third kappa shape index (κ3) is 4.14. The number of fused-ring (bicyclic) bond motifs is 1. The Morgan fingerprint density at radius 3 is 2.40 bits per heavy atom. The summed E-state index contributed by atoms with van der Waals surface area (Å²) in [4.78, 5) is 12.0. The van der Waals surface area contributed by atoms with Gasteiger partial charge in [-0.25, -0.2) is 9.18 Å². The molecule has 0 radical (unpaired) electrons. The third-order valence-electron chi connectivity index (χ3n) is 4.11. The molecule has 0 aliphatic carbocycles. The van der Waals surface area contributed by atoms with E-state index in [1.165, 1.54) is 6.07 Å². The number of rotatable bonds is 5. The van der Waals surface area contributed by atoms with E-state index in [1.807, 2.05) is 42.5 Å². The molecule has 128 valence electrons. The average Bonchev–Trinajstić information content (AvgIpc) is 2.65. The van der Waals surface area contributed by atoms with Crippen LogP contribution in [0.2, 0.25) is 0 Å². The zero-order chi connectivity index (χ0) is 17.6. The van der Waals surface area contributed by atoms with Gasteiger partial charge in [-0.05, 0) is 28.0 Å². The Morgan fingerprint density at radius 2 is 1.64 bits per heavy atom. The molecular formula is C20H20FN3O. The molecule has 3 aromatic rings. The fourth-order valence-electron chi connectivity index (χ4n) is 2.72. The van der Waals surface area contributed by atoms with Crippen molar-refractivity contribution in [1.29, 1.82) is 0 Å². The molecule has 0 spiro atoms. The molecule has 0 saturated heterocycles. The Balaban J connectivity index is 1.58. The smallest absolute Gasteiger partial charge is 0.315 e. The molecule has 3 aromatic carbocycles. The number of amides is 2. The summed E-state index contributed by atoms with van der Waals surface area (Å²) in [5, 5.41) is 7.72. The maximum atomic E-state index is 13.9. The van der Waals surface area contributed by atoms with E-state index >= 15 is 0 Å². The van der Waals surface area contributed by atoms with Crippen LogP contribution < -0.4 is 16.4 Å². The predicted molar refractivity (Wildman–Crippen MR) is 97.3 cm³/mol. The molecule has 0 heterocycles. The second-order valence-corrected chi connectivity index (χ2v) is 5.80. The first kappa shape index (κ1) is 16.9. The maximum absolute atomic E-state index is 13.9. The third-order valence-corrected chi connectivity index (χ3v) is 4.11. The standard InChI is InChI=1S/C20H20FN3O/c21-19-10-14(11-22)8-9-17(19)13-24-20(25)23-12-16-6-3-5-15-4-1-2-7-18(15)16/h1-10H,11-13,22H2,(H2,23,24,25). The molecule has 25 heavy (non-hydrogen) atoms. The van der Waals surface area contributed by atoms with Gasteiger partial charge in [0.15, 0.2) is 0 Å². The lowest BCUT2D eigenvalue weighted by molar-refractivity contribution is 0.240. The van der Waals surface area contributed by atoms with Crippen molar-refractivity contribution >= 4 is 16.8 Å². The second-order valence-electron chi connectivity index (χ2n) is 5.80. The lowest BCUT2D eigenvalue weighted by Gasteiger charge is -2.10. The number of nitrogens with one attached hydrogen (secondary N) is 2. The topological polar surface area (TPSA) is 67.1 Å². The minimum Gasteiger partial charge on any atom is -0.334 e. The van der Waals surface area contributed by atoms with Crippen LogP contribution in [0.4, 0.5) is 9.18 Å². The highest BCUT2D eigenvalue weighted by Gasteiger charge is 2.07. The summed E-state index contributed by atoms with van der Waals surface area (Å²) in [5.41, 5.74) is 7.66. The Hall–Kier alpha value is -2.92. The highest BCUT2D eigenvalue weighted by Crippen LogP contribution is 2.18. The van der Waals surface area contributed by atoms with Crippen molar-refractivity contribution in [3.63, 3.8) is 0 Å². The zero-order valence-electron chi connectivity index (χ0n) is 13.8. The van der Waals surface area contributed by atoms with Crippen LogP contribution in [0.15, 0.2) is 60.7 Å². The molecule has 4 nitrogen and oxygen atoms in total. The quantitative estimate of drug-likeness (QED) is 0.668. The summed E-state index contributed by atoms with van der Waals surface area (Å²) in [6.45, 7) is 0.815. The van der Waals surface area contributed by atoms with Gasteiger partial charge in [-0.15, -0.1) is 0 Å². The van der Waals surface area contributed by atoms with Crippen molar-refractivity contribution in [3.05, 3.63) is 83.2 Å². The number of benzene rings is 3. The SMILES string of the molecule is NCc1ccc(CNC(=O)NCc2cccc3ccccc23)c(F)c1. The van der Waals surface area contributed by atoms with Crippen LogP contribution in [0, 0.1) is 5.82 Å². The van der Waals surface area contributed by atoms with Gasteiger partial charge in [-0.2, -0.15) is 0 Å². The number of carbonyl (C=O) groups excluding carboxylic acids is 1. The molecule has 0 aromatic heterocycles. The molecule has 0 fully saturated rings. The van der Waals surface area contributed by atoms with Gasteiger partial charge in [0.2, 0.25) is 0 Å². The molecule has 2 amide bonds. The van der Waals surface area contributed by atoms with Gasteiger partial charge >= 0.3 is 6.03 Å². The predicted octanol–water partition coefficient (Wildman–Crippen LogP) is 3.44. The Bertz CT molecular complexity index is 890. The van der Waals surface area contributed by atoms with E-state index in [9.17, 15) is 9.18 Å². The lowest BCUT2D eigenvalue weighted by Crippen LogP contribution is -2.34. The number of hydrogen-bond acceptors (Lipinski definition) is 2. The van der Waals surface area contributed by atoms with Crippen molar-refractivity contribution in [2.45, 2.75) is 19.6 Å². The first-order chi connectivity index (χ1) is 12.2. The van der Waals surface area contributed by atoms with E-state index in [4.69, 9.17) is 5.73 Å². The summed E-state index contributed by atoms with van der Waals surface area (Å²) in [6.07, 6.45) is 0. The van der Waals surface area contributed by atoms with Crippen molar-refractivity contribution in [3.8, 4) is 0 Å². The van der Waals surface area contributed by atoms with Crippen LogP contribution in [0.1, 0.15) is 16.7 Å². The van der Waals surface area contributed by atoms with Crippen LogP contribution >= 0.6 is 0 Å². The largest absolute Gasteiger partial charge is 0.334 e. The van der Waals surface area contributed by atoms with E-state index in [-0.39, 0.29) is 24.9 Å². The van der Waals surface area contributed by atoms with Crippen LogP contribution in [0.25, 0.3) is 10.8 Å². The summed E-state index contributed by atoms with van der Waals surface area (Å²) in [7, 11) is 0. The molecule has 0 aliphatic heterocycles. The molecule has 0 saturated carbocycles. The normalized spacial score (nSPS) is 10.6. The van der Waals surface area contributed by atoms with E-state index in [2.05, 4.69) is 10.6 Å². The summed E-state index contributed by atoms with van der Waals surface area (Å²) in [6, 6.07) is 18.4. The number of halogens is 1. The number of nitrogens with two attached hydrogens (primary N) is 1. The summed E-state index contributed by atoms with van der Waals surface area (Å²) >= 11 is 0. The van der Waals surface area contributed by atoms with Crippen molar-refractivity contribution in [2.24, 2.45) is 5.73 Å². The van der Waals surface area contributed by atoms with Gasteiger partial charge in [0.05, 0.1) is 0 Å². The van der Waals surface area contributed by atoms with Gasteiger partial charge in [0.25, 0.3) is 0 Å². The number of hydrogen-bond donors (Lipinski definition) is 3. The van der Waals surface area contributed by atoms with Gasteiger partial charge in [0.1, 0.15) is 5.82 Å². The number of carbonyl (C=O) groups is 1. The molecule has 0 atom stereocenters. The van der Waals surface area contributed by atoms with Crippen LogP contribution in [0.5, 0.6) is 0 Å². The van der Waals surface area contributed by atoms with Crippen molar-refractivity contribution in [2.75, 3.05) is 0 Å². The summed E-state index contributed by atoms with van der Waals surface area (Å²) in [5.74, 6) is -0.364. The molecule has 0 aliphatic rings. The van der Waals surface area contributed by atoms with Gasteiger partial charge < -0.3 is 16.4 Å². The van der Waals surface area contributed by atoms with Crippen LogP contribution in [-0.2, 0) is 19.6 Å². The average molecular weight is 337 g/mol. The fraction of sp³-hybridized carbons (Fsp3) is 0.150. The molecule has 3 rings (SSSR count). The number of urea groups is 1. The minimum atomic E-state index is -0.364.